The van der Waals surface area contributed by atoms with E-state index in [0.29, 0.717) is 18.1 Å². The maximum Gasteiger partial charge on any atom is 0.263 e. The number of ether oxygens (including phenoxy) is 1. The average Bonchev–Trinajstić information content (AvgIpc) is 3.33. The molecule has 1 N–H and O–H groups in total. The van der Waals surface area contributed by atoms with Gasteiger partial charge in [-0.3, -0.25) is 4.79 Å². The molecule has 4 aromatic rings. The predicted octanol–water partition coefficient (Wildman–Crippen LogP) is 4.16. The molecule has 2 aromatic heterocycles. The molecule has 0 bridgehead atoms. The third-order valence-electron chi connectivity index (χ3n) is 3.99. The first-order chi connectivity index (χ1) is 12.8. The van der Waals surface area contributed by atoms with Crippen LogP contribution in [0.3, 0.4) is 0 Å². The second kappa shape index (κ2) is 7.41. The number of nitrogens with one attached hydrogen (secondary N) is 1. The summed E-state index contributed by atoms with van der Waals surface area (Å²) in [6.07, 6.45) is 1.67. The minimum atomic E-state index is -0.217. The van der Waals surface area contributed by atoms with Crippen LogP contribution >= 0.6 is 11.3 Å². The fraction of sp³-hybridized carbons (Fsp3) is 0.100. The van der Waals surface area contributed by atoms with Crippen LogP contribution in [0.1, 0.15) is 5.56 Å². The maximum atomic E-state index is 12.2. The van der Waals surface area contributed by atoms with Crippen LogP contribution < -0.4 is 10.1 Å². The summed E-state index contributed by atoms with van der Waals surface area (Å²) in [5, 5.41) is 13.4. The average molecular weight is 363 g/mol. The maximum absolute atomic E-state index is 12.2. The lowest BCUT2D eigenvalue weighted by molar-refractivity contribution is -0.118. The van der Waals surface area contributed by atoms with Crippen molar-refractivity contribution in [3.05, 3.63) is 77.1 Å². The van der Waals surface area contributed by atoms with Crippen LogP contribution in [0.25, 0.3) is 10.8 Å². The van der Waals surface area contributed by atoms with Gasteiger partial charge in [-0.2, -0.15) is 16.4 Å². The smallest absolute Gasteiger partial charge is 0.263 e. The van der Waals surface area contributed by atoms with E-state index in [1.54, 1.807) is 28.3 Å². The molecular formula is C20H17N3O2S. The zero-order valence-corrected chi connectivity index (χ0v) is 14.8. The van der Waals surface area contributed by atoms with Crippen LogP contribution in [0.2, 0.25) is 0 Å². The molecule has 0 aliphatic heterocycles. The van der Waals surface area contributed by atoms with E-state index in [1.807, 2.05) is 53.9 Å². The fourth-order valence-electron chi connectivity index (χ4n) is 2.71. The van der Waals surface area contributed by atoms with Gasteiger partial charge in [0.2, 0.25) is 0 Å². The number of hydrogen-bond acceptors (Lipinski definition) is 4. The first-order valence-electron chi connectivity index (χ1n) is 8.22. The molecule has 2 aromatic carbocycles. The van der Waals surface area contributed by atoms with Gasteiger partial charge in [-0.15, -0.1) is 0 Å². The summed E-state index contributed by atoms with van der Waals surface area (Å²) in [6.45, 7) is 0.569. The molecule has 0 aliphatic carbocycles. The van der Waals surface area contributed by atoms with Crippen LogP contribution in [0.4, 0.5) is 5.82 Å². The summed E-state index contributed by atoms with van der Waals surface area (Å²) in [6, 6.07) is 17.6. The van der Waals surface area contributed by atoms with Gasteiger partial charge in [0.05, 0.1) is 12.7 Å². The quantitative estimate of drug-likeness (QED) is 0.559. The Morgan fingerprint density at radius 2 is 2.00 bits per heavy atom. The van der Waals surface area contributed by atoms with Crippen molar-refractivity contribution < 1.29 is 9.53 Å². The summed E-state index contributed by atoms with van der Waals surface area (Å²) >= 11 is 1.64. The Kier molecular flexibility index (Phi) is 4.66. The molecule has 0 saturated heterocycles. The topological polar surface area (TPSA) is 56.1 Å². The molecule has 0 fully saturated rings. The molecule has 130 valence electrons. The van der Waals surface area contributed by atoms with Gasteiger partial charge >= 0.3 is 0 Å². The van der Waals surface area contributed by atoms with Gasteiger partial charge in [-0.1, -0.05) is 30.3 Å². The molecule has 0 atom stereocenters. The monoisotopic (exact) mass is 363 g/mol. The molecule has 0 spiro atoms. The third-order valence-corrected chi connectivity index (χ3v) is 4.72. The molecular weight excluding hydrogens is 346 g/mol. The van der Waals surface area contributed by atoms with Crippen molar-refractivity contribution in [1.29, 1.82) is 0 Å². The van der Waals surface area contributed by atoms with Gasteiger partial charge in [0, 0.05) is 6.07 Å². The van der Waals surface area contributed by atoms with Crippen LogP contribution in [0.15, 0.2) is 71.6 Å². The van der Waals surface area contributed by atoms with Crippen LogP contribution in [0.5, 0.6) is 5.75 Å². The molecule has 0 saturated carbocycles. The Bertz CT molecular complexity index is 1020. The van der Waals surface area contributed by atoms with Crippen LogP contribution in [-0.4, -0.2) is 22.3 Å². The number of aromatic nitrogens is 2. The number of carbonyl (C=O) groups excluding carboxylic acids is 1. The number of thiophene rings is 1. The highest BCUT2D eigenvalue weighted by molar-refractivity contribution is 7.07. The molecule has 0 radical (unpaired) electrons. The second-order valence-corrected chi connectivity index (χ2v) is 6.63. The summed E-state index contributed by atoms with van der Waals surface area (Å²) in [7, 11) is 0. The van der Waals surface area contributed by atoms with Crippen LogP contribution in [0, 0.1) is 0 Å². The summed E-state index contributed by atoms with van der Waals surface area (Å²) in [4.78, 5) is 12.2. The Hall–Kier alpha value is -3.12. The lowest BCUT2D eigenvalue weighted by atomic mass is 10.1. The summed E-state index contributed by atoms with van der Waals surface area (Å²) in [5.74, 6) is 1.11. The van der Waals surface area contributed by atoms with Crippen molar-refractivity contribution >= 4 is 33.8 Å². The van der Waals surface area contributed by atoms with Crippen molar-refractivity contribution in [3.63, 3.8) is 0 Å². The number of carbonyl (C=O) groups is 1. The number of fused-ring (bicyclic) bond motifs is 1. The van der Waals surface area contributed by atoms with Crippen molar-refractivity contribution in [1.82, 2.24) is 9.78 Å². The lowest BCUT2D eigenvalue weighted by Gasteiger charge is -2.10. The van der Waals surface area contributed by atoms with E-state index in [0.717, 1.165) is 16.3 Å². The summed E-state index contributed by atoms with van der Waals surface area (Å²) < 4.78 is 7.39. The van der Waals surface area contributed by atoms with Gasteiger partial charge in [0.1, 0.15) is 11.6 Å². The summed E-state index contributed by atoms with van der Waals surface area (Å²) in [5.41, 5.74) is 1.15. The Morgan fingerprint density at radius 3 is 2.85 bits per heavy atom. The number of anilines is 1. The normalized spacial score (nSPS) is 10.8. The number of hydrogen-bond donors (Lipinski definition) is 1. The van der Waals surface area contributed by atoms with E-state index in [2.05, 4.69) is 15.8 Å². The highest BCUT2D eigenvalue weighted by atomic mass is 32.1. The minimum Gasteiger partial charge on any atom is -0.484 e. The van der Waals surface area contributed by atoms with Crippen LogP contribution in [-0.2, 0) is 11.3 Å². The first kappa shape index (κ1) is 16.4. The standard InChI is InChI=1S/C20H17N3O2S/c24-20(13-25-18-6-5-16-3-1-2-4-17(16)11-18)22-19-7-9-21-23(19)12-15-8-10-26-14-15/h1-11,14H,12-13H2,(H,22,24). The van der Waals surface area contributed by atoms with E-state index < -0.39 is 0 Å². The Morgan fingerprint density at radius 1 is 1.12 bits per heavy atom. The van der Waals surface area contributed by atoms with E-state index in [9.17, 15) is 4.79 Å². The molecule has 1 amide bonds. The Labute approximate surface area is 154 Å². The zero-order chi connectivity index (χ0) is 17.8. The molecule has 0 aliphatic rings. The van der Waals surface area contributed by atoms with Crippen molar-refractivity contribution in [3.8, 4) is 5.75 Å². The van der Waals surface area contributed by atoms with E-state index >= 15 is 0 Å². The number of benzene rings is 2. The molecule has 0 unspecified atom stereocenters. The molecule has 4 rings (SSSR count). The van der Waals surface area contributed by atoms with Crippen molar-refractivity contribution in [2.75, 3.05) is 11.9 Å². The SMILES string of the molecule is O=C(COc1ccc2ccccc2c1)Nc1ccnn1Cc1ccsc1. The molecule has 26 heavy (non-hydrogen) atoms. The fourth-order valence-corrected chi connectivity index (χ4v) is 3.37. The van der Waals surface area contributed by atoms with Gasteiger partial charge in [-0.25, -0.2) is 4.68 Å². The second-order valence-electron chi connectivity index (χ2n) is 5.85. The third kappa shape index (κ3) is 3.75. The van der Waals surface area contributed by atoms with E-state index in [-0.39, 0.29) is 12.5 Å². The van der Waals surface area contributed by atoms with E-state index in [1.165, 1.54) is 0 Å². The van der Waals surface area contributed by atoms with Gasteiger partial charge in [0.25, 0.3) is 5.91 Å². The highest BCUT2D eigenvalue weighted by Crippen LogP contribution is 2.20. The first-order valence-corrected chi connectivity index (χ1v) is 9.16. The molecule has 2 heterocycles. The van der Waals surface area contributed by atoms with Crippen molar-refractivity contribution in [2.45, 2.75) is 6.54 Å². The minimum absolute atomic E-state index is 0.0536. The largest absolute Gasteiger partial charge is 0.484 e. The molecule has 6 heteroatoms. The van der Waals surface area contributed by atoms with Gasteiger partial charge in [-0.05, 0) is 45.3 Å². The highest BCUT2D eigenvalue weighted by Gasteiger charge is 2.09. The van der Waals surface area contributed by atoms with Crippen molar-refractivity contribution in [2.24, 2.45) is 0 Å². The Balaban J connectivity index is 1.37. The van der Waals surface area contributed by atoms with E-state index in [4.69, 9.17) is 4.74 Å². The predicted molar refractivity (Wildman–Crippen MR) is 104 cm³/mol. The number of nitrogens with zero attached hydrogens (tertiary/aromatic N) is 2. The number of amides is 1. The lowest BCUT2D eigenvalue weighted by Crippen LogP contribution is -2.22. The molecule has 5 nitrogen and oxygen atoms in total. The van der Waals surface area contributed by atoms with Gasteiger partial charge in [0.15, 0.2) is 6.61 Å². The number of rotatable bonds is 6. The zero-order valence-electron chi connectivity index (χ0n) is 14.0. The van der Waals surface area contributed by atoms with Gasteiger partial charge < -0.3 is 10.1 Å².